The fourth-order valence-corrected chi connectivity index (χ4v) is 1.37. The highest BCUT2D eigenvalue weighted by Crippen LogP contribution is 2.17. The molecule has 12 heavy (non-hydrogen) atoms. The maximum Gasteiger partial charge on any atom is 0.101 e. The summed E-state index contributed by atoms with van der Waals surface area (Å²) in [5, 5.41) is 0. The minimum atomic E-state index is 0.158. The Bertz CT molecular complexity index is 157. The van der Waals surface area contributed by atoms with Gasteiger partial charge in [0, 0.05) is 7.11 Å². The van der Waals surface area contributed by atoms with Gasteiger partial charge >= 0.3 is 0 Å². The van der Waals surface area contributed by atoms with Crippen LogP contribution in [0.3, 0.4) is 0 Å². The monoisotopic (exact) mass is 171 g/mol. The van der Waals surface area contributed by atoms with Crippen molar-refractivity contribution in [1.29, 1.82) is 0 Å². The van der Waals surface area contributed by atoms with Gasteiger partial charge in [-0.3, -0.25) is 0 Å². The van der Waals surface area contributed by atoms with Crippen molar-refractivity contribution in [3.05, 3.63) is 11.6 Å². The lowest BCUT2D eigenvalue weighted by molar-refractivity contribution is 0.00274. The molecule has 1 fully saturated rings. The van der Waals surface area contributed by atoms with Crippen molar-refractivity contribution in [3.8, 4) is 0 Å². The topological polar surface area (TPSA) is 44.5 Å². The molecule has 1 rings (SSSR count). The van der Waals surface area contributed by atoms with Gasteiger partial charge in [0.15, 0.2) is 0 Å². The third-order valence-electron chi connectivity index (χ3n) is 2.08. The van der Waals surface area contributed by atoms with Crippen LogP contribution in [0.2, 0.25) is 0 Å². The molecule has 0 amide bonds. The van der Waals surface area contributed by atoms with Gasteiger partial charge < -0.3 is 15.2 Å². The quantitative estimate of drug-likeness (QED) is 0.636. The fourth-order valence-electron chi connectivity index (χ4n) is 1.37. The summed E-state index contributed by atoms with van der Waals surface area (Å²) in [6, 6.07) is 0. The Kier molecular flexibility index (Phi) is 4.29. The number of rotatable bonds is 3. The zero-order valence-corrected chi connectivity index (χ0v) is 7.58. The first-order chi connectivity index (χ1) is 5.88. The van der Waals surface area contributed by atoms with Crippen LogP contribution in [0, 0.1) is 0 Å². The lowest BCUT2D eigenvalue weighted by Crippen LogP contribution is -2.27. The van der Waals surface area contributed by atoms with Crippen molar-refractivity contribution in [2.24, 2.45) is 5.73 Å². The smallest absolute Gasteiger partial charge is 0.101 e. The SMILES string of the molecule is COC1COCC/C1=C\CCN. The predicted octanol–water partition coefficient (Wildman–Crippen LogP) is 0.697. The van der Waals surface area contributed by atoms with Crippen LogP contribution in [0.1, 0.15) is 12.8 Å². The van der Waals surface area contributed by atoms with Crippen LogP contribution in [0.5, 0.6) is 0 Å². The van der Waals surface area contributed by atoms with Crippen LogP contribution in [0.4, 0.5) is 0 Å². The fraction of sp³-hybridized carbons (Fsp3) is 0.778. The molecule has 1 atom stereocenters. The average Bonchev–Trinajstić information content (AvgIpc) is 2.15. The molecule has 3 nitrogen and oxygen atoms in total. The molecule has 1 aliphatic rings. The second-order valence-corrected chi connectivity index (χ2v) is 2.91. The van der Waals surface area contributed by atoms with E-state index in [9.17, 15) is 0 Å². The van der Waals surface area contributed by atoms with Crippen LogP contribution in [-0.4, -0.2) is 33.0 Å². The van der Waals surface area contributed by atoms with E-state index >= 15 is 0 Å². The van der Waals surface area contributed by atoms with E-state index in [1.165, 1.54) is 5.57 Å². The van der Waals surface area contributed by atoms with E-state index in [1.807, 2.05) is 0 Å². The number of methoxy groups -OCH3 is 1. The molecule has 1 unspecified atom stereocenters. The van der Waals surface area contributed by atoms with E-state index < -0.39 is 0 Å². The molecule has 1 saturated heterocycles. The van der Waals surface area contributed by atoms with E-state index in [0.29, 0.717) is 13.2 Å². The predicted molar refractivity (Wildman–Crippen MR) is 48.0 cm³/mol. The van der Waals surface area contributed by atoms with Crippen molar-refractivity contribution >= 4 is 0 Å². The van der Waals surface area contributed by atoms with E-state index in [4.69, 9.17) is 15.2 Å². The minimum Gasteiger partial charge on any atom is -0.378 e. The summed E-state index contributed by atoms with van der Waals surface area (Å²) in [5.74, 6) is 0. The Morgan fingerprint density at radius 1 is 1.75 bits per heavy atom. The van der Waals surface area contributed by atoms with Crippen molar-refractivity contribution in [2.75, 3.05) is 26.9 Å². The number of hydrogen-bond acceptors (Lipinski definition) is 3. The molecule has 0 spiro atoms. The van der Waals surface area contributed by atoms with Gasteiger partial charge in [0.1, 0.15) is 6.10 Å². The summed E-state index contributed by atoms with van der Waals surface area (Å²) in [5.41, 5.74) is 6.76. The Morgan fingerprint density at radius 3 is 3.25 bits per heavy atom. The zero-order chi connectivity index (χ0) is 8.81. The molecular formula is C9H17NO2. The van der Waals surface area contributed by atoms with E-state index in [-0.39, 0.29) is 6.10 Å². The molecule has 3 heteroatoms. The molecule has 0 aromatic carbocycles. The molecule has 2 N–H and O–H groups in total. The summed E-state index contributed by atoms with van der Waals surface area (Å²) in [6.45, 7) is 2.21. The van der Waals surface area contributed by atoms with Crippen LogP contribution < -0.4 is 5.73 Å². The maximum absolute atomic E-state index is 5.42. The molecule has 0 bridgehead atoms. The van der Waals surface area contributed by atoms with Gasteiger partial charge in [0.05, 0.1) is 13.2 Å². The second kappa shape index (κ2) is 5.30. The molecule has 0 aromatic heterocycles. The maximum atomic E-state index is 5.42. The lowest BCUT2D eigenvalue weighted by atomic mass is 10.0. The molecule has 70 valence electrons. The van der Waals surface area contributed by atoms with Crippen LogP contribution in [-0.2, 0) is 9.47 Å². The molecule has 0 radical (unpaired) electrons. The molecule has 0 saturated carbocycles. The summed E-state index contributed by atoms with van der Waals surface area (Å²) < 4.78 is 10.6. The van der Waals surface area contributed by atoms with Gasteiger partial charge in [-0.2, -0.15) is 0 Å². The Balaban J connectivity index is 2.46. The van der Waals surface area contributed by atoms with Crippen LogP contribution in [0.25, 0.3) is 0 Å². The van der Waals surface area contributed by atoms with Gasteiger partial charge in [-0.05, 0) is 25.0 Å². The normalized spacial score (nSPS) is 27.8. The standard InChI is InChI=1S/C9H17NO2/c1-11-9-7-12-6-4-8(9)3-2-5-10/h3,9H,2,4-7,10H2,1H3/b8-3+. The highest BCUT2D eigenvalue weighted by atomic mass is 16.5. The summed E-state index contributed by atoms with van der Waals surface area (Å²) in [6.07, 6.45) is 4.26. The average molecular weight is 171 g/mol. The molecule has 1 aliphatic heterocycles. The number of nitrogens with two attached hydrogens (primary N) is 1. The summed E-state index contributed by atoms with van der Waals surface area (Å²) >= 11 is 0. The Labute approximate surface area is 73.5 Å². The van der Waals surface area contributed by atoms with E-state index in [1.54, 1.807) is 7.11 Å². The molecule has 0 aliphatic carbocycles. The van der Waals surface area contributed by atoms with Gasteiger partial charge in [-0.15, -0.1) is 0 Å². The third kappa shape index (κ3) is 2.59. The van der Waals surface area contributed by atoms with Crippen LogP contribution >= 0.6 is 0 Å². The van der Waals surface area contributed by atoms with Crippen molar-refractivity contribution in [2.45, 2.75) is 18.9 Å². The van der Waals surface area contributed by atoms with E-state index in [2.05, 4.69) is 6.08 Å². The first-order valence-electron chi connectivity index (χ1n) is 4.38. The lowest BCUT2D eigenvalue weighted by Gasteiger charge is -2.24. The number of hydrogen-bond donors (Lipinski definition) is 1. The minimum absolute atomic E-state index is 0.158. The first kappa shape index (κ1) is 9.71. The second-order valence-electron chi connectivity index (χ2n) is 2.91. The van der Waals surface area contributed by atoms with Gasteiger partial charge in [-0.1, -0.05) is 6.08 Å². The van der Waals surface area contributed by atoms with E-state index in [0.717, 1.165) is 19.4 Å². The van der Waals surface area contributed by atoms with Crippen molar-refractivity contribution in [1.82, 2.24) is 0 Å². The summed E-state index contributed by atoms with van der Waals surface area (Å²) in [7, 11) is 1.72. The third-order valence-corrected chi connectivity index (χ3v) is 2.08. The Morgan fingerprint density at radius 2 is 2.58 bits per heavy atom. The van der Waals surface area contributed by atoms with Crippen molar-refractivity contribution < 1.29 is 9.47 Å². The zero-order valence-electron chi connectivity index (χ0n) is 7.58. The Hall–Kier alpha value is -0.380. The summed E-state index contributed by atoms with van der Waals surface area (Å²) in [4.78, 5) is 0. The largest absolute Gasteiger partial charge is 0.378 e. The van der Waals surface area contributed by atoms with Gasteiger partial charge in [0.2, 0.25) is 0 Å². The van der Waals surface area contributed by atoms with Gasteiger partial charge in [0.25, 0.3) is 0 Å². The molecular weight excluding hydrogens is 154 g/mol. The number of ether oxygens (including phenoxy) is 2. The highest BCUT2D eigenvalue weighted by molar-refractivity contribution is 5.10. The molecule has 1 heterocycles. The van der Waals surface area contributed by atoms with Gasteiger partial charge in [-0.25, -0.2) is 0 Å². The highest BCUT2D eigenvalue weighted by Gasteiger charge is 2.17. The first-order valence-corrected chi connectivity index (χ1v) is 4.38. The van der Waals surface area contributed by atoms with Crippen molar-refractivity contribution in [3.63, 3.8) is 0 Å². The molecule has 0 aromatic rings. The van der Waals surface area contributed by atoms with Crippen LogP contribution in [0.15, 0.2) is 11.6 Å².